The molecule has 1 saturated carbocycles. The lowest BCUT2D eigenvalue weighted by Crippen LogP contribution is -2.47. The van der Waals surface area contributed by atoms with Crippen molar-refractivity contribution in [3.8, 4) is 0 Å². The van der Waals surface area contributed by atoms with Crippen LogP contribution in [-0.2, 0) is 9.84 Å². The summed E-state index contributed by atoms with van der Waals surface area (Å²) in [5.74, 6) is -3.11. The fourth-order valence-electron chi connectivity index (χ4n) is 2.10. The highest BCUT2D eigenvalue weighted by Crippen LogP contribution is 2.38. The molecule has 0 aromatic heterocycles. The minimum atomic E-state index is -4.61. The van der Waals surface area contributed by atoms with Gasteiger partial charge in [-0.15, -0.1) is 11.6 Å². The standard InChI is InChI=1S/C12H14ClF2NO2S/c13-8-12(6-3-7-12)16-9-4-1-2-5-10(9)19(17,18)11(14)15/h1-2,4-5,11,16H,3,6-8H2. The normalized spacial score (nSPS) is 18.1. The first kappa shape index (κ1) is 14.5. The second-order valence-corrected chi connectivity index (χ2v) is 6.85. The van der Waals surface area contributed by atoms with Crippen LogP contribution in [0.15, 0.2) is 29.2 Å². The third-order valence-corrected chi connectivity index (χ3v) is 5.34. The number of halogens is 3. The van der Waals surface area contributed by atoms with Crippen LogP contribution >= 0.6 is 11.6 Å². The van der Waals surface area contributed by atoms with Gasteiger partial charge >= 0.3 is 5.76 Å². The molecule has 0 amide bonds. The summed E-state index contributed by atoms with van der Waals surface area (Å²) in [6.07, 6.45) is 2.60. The van der Waals surface area contributed by atoms with Crippen LogP contribution in [0.4, 0.5) is 14.5 Å². The van der Waals surface area contributed by atoms with Gasteiger partial charge in [-0.05, 0) is 31.4 Å². The maximum absolute atomic E-state index is 12.6. The average molecular weight is 310 g/mol. The molecule has 0 bridgehead atoms. The molecule has 0 unspecified atom stereocenters. The topological polar surface area (TPSA) is 46.2 Å². The van der Waals surface area contributed by atoms with E-state index in [2.05, 4.69) is 5.32 Å². The van der Waals surface area contributed by atoms with Crippen molar-refractivity contribution in [1.82, 2.24) is 0 Å². The van der Waals surface area contributed by atoms with E-state index in [9.17, 15) is 17.2 Å². The number of hydrogen-bond donors (Lipinski definition) is 1. The molecule has 19 heavy (non-hydrogen) atoms. The number of hydrogen-bond acceptors (Lipinski definition) is 3. The third-order valence-electron chi connectivity index (χ3n) is 3.39. The summed E-state index contributed by atoms with van der Waals surface area (Å²) >= 11 is 5.88. The SMILES string of the molecule is O=S(=O)(c1ccccc1NC1(CCl)CCC1)C(F)F. The van der Waals surface area contributed by atoms with Crippen molar-refractivity contribution in [2.24, 2.45) is 0 Å². The predicted molar refractivity (Wildman–Crippen MR) is 70.6 cm³/mol. The first-order chi connectivity index (χ1) is 8.91. The minimum Gasteiger partial charge on any atom is -0.377 e. The molecule has 1 aromatic rings. The number of rotatable bonds is 5. The molecule has 3 nitrogen and oxygen atoms in total. The zero-order valence-electron chi connectivity index (χ0n) is 10.1. The summed E-state index contributed by atoms with van der Waals surface area (Å²) in [7, 11) is -4.61. The lowest BCUT2D eigenvalue weighted by atomic mass is 9.78. The lowest BCUT2D eigenvalue weighted by molar-refractivity contribution is 0.234. The monoisotopic (exact) mass is 309 g/mol. The second-order valence-electron chi connectivity index (χ2n) is 4.69. The van der Waals surface area contributed by atoms with Crippen molar-refractivity contribution < 1.29 is 17.2 Å². The van der Waals surface area contributed by atoms with Gasteiger partial charge in [-0.25, -0.2) is 8.42 Å². The molecule has 106 valence electrons. The molecule has 1 fully saturated rings. The Labute approximate surface area is 115 Å². The van der Waals surface area contributed by atoms with Crippen LogP contribution < -0.4 is 5.32 Å². The van der Waals surface area contributed by atoms with Crippen molar-refractivity contribution in [1.29, 1.82) is 0 Å². The van der Waals surface area contributed by atoms with Gasteiger partial charge < -0.3 is 5.32 Å². The molecule has 0 saturated heterocycles. The first-order valence-corrected chi connectivity index (χ1v) is 7.95. The van der Waals surface area contributed by atoms with E-state index >= 15 is 0 Å². The summed E-state index contributed by atoms with van der Waals surface area (Å²) in [5.41, 5.74) is -0.182. The molecule has 1 aromatic carbocycles. The highest BCUT2D eigenvalue weighted by atomic mass is 35.5. The molecule has 0 atom stereocenters. The lowest BCUT2D eigenvalue weighted by Gasteiger charge is -2.42. The molecule has 2 rings (SSSR count). The molecule has 0 spiro atoms. The Hall–Kier alpha value is -0.880. The van der Waals surface area contributed by atoms with E-state index in [-0.39, 0.29) is 16.1 Å². The average Bonchev–Trinajstić information content (AvgIpc) is 2.34. The number of anilines is 1. The maximum atomic E-state index is 12.6. The number of nitrogens with one attached hydrogen (secondary N) is 1. The first-order valence-electron chi connectivity index (χ1n) is 5.86. The Morgan fingerprint density at radius 3 is 2.42 bits per heavy atom. The summed E-state index contributed by atoms with van der Waals surface area (Å²) in [5, 5.41) is 3.03. The molecule has 0 heterocycles. The van der Waals surface area contributed by atoms with E-state index in [1.165, 1.54) is 18.2 Å². The molecule has 7 heteroatoms. The Balaban J connectivity index is 2.37. The van der Waals surface area contributed by atoms with E-state index in [0.29, 0.717) is 5.88 Å². The van der Waals surface area contributed by atoms with Gasteiger partial charge in [0.25, 0.3) is 0 Å². The van der Waals surface area contributed by atoms with E-state index in [1.807, 2.05) is 0 Å². The number of alkyl halides is 3. The molecular weight excluding hydrogens is 296 g/mol. The van der Waals surface area contributed by atoms with Crippen molar-refractivity contribution in [2.45, 2.75) is 35.5 Å². The van der Waals surface area contributed by atoms with Crippen LogP contribution in [-0.4, -0.2) is 25.6 Å². The highest BCUT2D eigenvalue weighted by Gasteiger charge is 2.38. The Morgan fingerprint density at radius 2 is 1.95 bits per heavy atom. The van der Waals surface area contributed by atoms with Crippen LogP contribution in [0.5, 0.6) is 0 Å². The fourth-order valence-corrected chi connectivity index (χ4v) is 3.32. The Morgan fingerprint density at radius 1 is 1.32 bits per heavy atom. The van der Waals surface area contributed by atoms with E-state index < -0.39 is 15.6 Å². The Bertz CT molecular complexity index is 553. The molecule has 0 radical (unpaired) electrons. The highest BCUT2D eigenvalue weighted by molar-refractivity contribution is 7.91. The van der Waals surface area contributed by atoms with Gasteiger partial charge in [0, 0.05) is 5.88 Å². The van der Waals surface area contributed by atoms with Crippen LogP contribution in [0.3, 0.4) is 0 Å². The second kappa shape index (κ2) is 5.25. The van der Waals surface area contributed by atoms with Gasteiger partial charge in [-0.2, -0.15) is 8.78 Å². The van der Waals surface area contributed by atoms with Crippen LogP contribution in [0, 0.1) is 0 Å². The van der Waals surface area contributed by atoms with E-state index in [0.717, 1.165) is 19.3 Å². The molecular formula is C12H14ClF2NO2S. The van der Waals surface area contributed by atoms with Crippen molar-refractivity contribution in [3.63, 3.8) is 0 Å². The van der Waals surface area contributed by atoms with Gasteiger partial charge in [0.05, 0.1) is 16.1 Å². The number of sulfone groups is 1. The van der Waals surface area contributed by atoms with Gasteiger partial charge in [0.2, 0.25) is 9.84 Å². The quantitative estimate of drug-likeness (QED) is 0.849. The van der Waals surface area contributed by atoms with Crippen molar-refractivity contribution >= 4 is 27.1 Å². The fraction of sp³-hybridized carbons (Fsp3) is 0.500. The minimum absolute atomic E-state index is 0.197. The number of para-hydroxylation sites is 1. The molecule has 1 aliphatic carbocycles. The smallest absolute Gasteiger partial charge is 0.341 e. The van der Waals surface area contributed by atoms with Gasteiger partial charge in [-0.3, -0.25) is 0 Å². The van der Waals surface area contributed by atoms with Crippen molar-refractivity contribution in [3.05, 3.63) is 24.3 Å². The molecule has 0 aliphatic heterocycles. The molecule has 1 aliphatic rings. The number of benzene rings is 1. The van der Waals surface area contributed by atoms with Gasteiger partial charge in [0.1, 0.15) is 0 Å². The Kier molecular flexibility index (Phi) is 4.01. The van der Waals surface area contributed by atoms with Crippen LogP contribution in [0.1, 0.15) is 19.3 Å². The third kappa shape index (κ3) is 2.69. The van der Waals surface area contributed by atoms with Crippen LogP contribution in [0.25, 0.3) is 0 Å². The maximum Gasteiger partial charge on any atom is 0.341 e. The summed E-state index contributed by atoms with van der Waals surface area (Å²) in [6.45, 7) is 0. The molecule has 1 N–H and O–H groups in total. The summed E-state index contributed by atoms with van der Waals surface area (Å²) < 4.78 is 48.5. The summed E-state index contributed by atoms with van der Waals surface area (Å²) in [6, 6.07) is 5.70. The van der Waals surface area contributed by atoms with Gasteiger partial charge in [0.15, 0.2) is 0 Å². The zero-order valence-corrected chi connectivity index (χ0v) is 11.6. The van der Waals surface area contributed by atoms with Crippen LogP contribution in [0.2, 0.25) is 0 Å². The van der Waals surface area contributed by atoms with E-state index in [1.54, 1.807) is 6.07 Å². The van der Waals surface area contributed by atoms with Crippen molar-refractivity contribution in [2.75, 3.05) is 11.2 Å². The zero-order chi connectivity index (χ0) is 14.1. The summed E-state index contributed by atoms with van der Waals surface area (Å²) in [4.78, 5) is -0.374. The largest absolute Gasteiger partial charge is 0.377 e. The predicted octanol–water partition coefficient (Wildman–Crippen LogP) is 3.26. The van der Waals surface area contributed by atoms with Gasteiger partial charge in [-0.1, -0.05) is 12.1 Å². The van der Waals surface area contributed by atoms with E-state index in [4.69, 9.17) is 11.6 Å².